The Hall–Kier alpha value is -2.06. The zero-order valence-electron chi connectivity index (χ0n) is 12.0. The van der Waals surface area contributed by atoms with Gasteiger partial charge in [0, 0.05) is 37.9 Å². The van der Waals surface area contributed by atoms with E-state index in [1.165, 1.54) is 0 Å². The lowest BCUT2D eigenvalue weighted by Gasteiger charge is -2.36. The first-order chi connectivity index (χ1) is 9.60. The van der Waals surface area contributed by atoms with Crippen molar-refractivity contribution in [3.05, 3.63) is 29.8 Å². The molecule has 1 aliphatic rings. The van der Waals surface area contributed by atoms with E-state index in [0.29, 0.717) is 17.3 Å². The van der Waals surface area contributed by atoms with Gasteiger partial charge in [-0.25, -0.2) is 4.79 Å². The summed E-state index contributed by atoms with van der Waals surface area (Å²) >= 11 is 0. The van der Waals surface area contributed by atoms with Crippen LogP contribution in [0.1, 0.15) is 19.4 Å². The third-order valence-corrected chi connectivity index (χ3v) is 3.57. The molecule has 1 aliphatic heterocycles. The summed E-state index contributed by atoms with van der Waals surface area (Å²) in [4.78, 5) is 16.3. The highest BCUT2D eigenvalue weighted by Gasteiger charge is 2.22. The number of rotatable bonds is 2. The standard InChI is InChI=1S/C15H20N4O/c1-12(2)18-6-8-19(9-7-18)15(20)17-14-5-3-4-13(10-14)11-16/h3-5,10,12H,6-9H2,1-2H3,(H,17,20). The number of nitrogens with one attached hydrogen (secondary N) is 1. The fraction of sp³-hybridized carbons (Fsp3) is 0.467. The topological polar surface area (TPSA) is 59.4 Å². The molecule has 2 amide bonds. The van der Waals surface area contributed by atoms with Gasteiger partial charge in [0.05, 0.1) is 11.6 Å². The summed E-state index contributed by atoms with van der Waals surface area (Å²) in [6.45, 7) is 7.63. The number of carbonyl (C=O) groups excluding carboxylic acids is 1. The molecule has 0 saturated carbocycles. The Morgan fingerprint density at radius 2 is 2.00 bits per heavy atom. The van der Waals surface area contributed by atoms with Gasteiger partial charge in [-0.1, -0.05) is 6.07 Å². The van der Waals surface area contributed by atoms with Crippen molar-refractivity contribution in [1.82, 2.24) is 9.80 Å². The summed E-state index contributed by atoms with van der Waals surface area (Å²) in [6.07, 6.45) is 0. The minimum atomic E-state index is -0.0940. The molecular formula is C15H20N4O. The normalized spacial score (nSPS) is 16.0. The van der Waals surface area contributed by atoms with Gasteiger partial charge in [-0.3, -0.25) is 4.90 Å². The molecule has 0 unspecified atom stereocenters. The van der Waals surface area contributed by atoms with Crippen molar-refractivity contribution in [3.63, 3.8) is 0 Å². The molecular weight excluding hydrogens is 252 g/mol. The molecule has 1 aromatic carbocycles. The largest absolute Gasteiger partial charge is 0.322 e. The van der Waals surface area contributed by atoms with Gasteiger partial charge in [-0.2, -0.15) is 5.26 Å². The monoisotopic (exact) mass is 272 g/mol. The molecule has 0 radical (unpaired) electrons. The maximum atomic E-state index is 12.2. The molecule has 0 aliphatic carbocycles. The van der Waals surface area contributed by atoms with Crippen molar-refractivity contribution in [3.8, 4) is 6.07 Å². The van der Waals surface area contributed by atoms with E-state index in [4.69, 9.17) is 5.26 Å². The Morgan fingerprint density at radius 3 is 2.60 bits per heavy atom. The van der Waals surface area contributed by atoms with Crippen molar-refractivity contribution < 1.29 is 4.79 Å². The van der Waals surface area contributed by atoms with Crippen LogP contribution in [-0.4, -0.2) is 48.1 Å². The summed E-state index contributed by atoms with van der Waals surface area (Å²) < 4.78 is 0. The van der Waals surface area contributed by atoms with Crippen molar-refractivity contribution in [2.45, 2.75) is 19.9 Å². The fourth-order valence-electron chi connectivity index (χ4n) is 2.31. The number of nitriles is 1. The number of amides is 2. The molecule has 0 spiro atoms. The van der Waals surface area contributed by atoms with Crippen LogP contribution in [0.5, 0.6) is 0 Å². The van der Waals surface area contributed by atoms with Crippen LogP contribution in [0.3, 0.4) is 0 Å². The zero-order chi connectivity index (χ0) is 14.5. The molecule has 1 saturated heterocycles. The molecule has 1 fully saturated rings. The third kappa shape index (κ3) is 3.49. The van der Waals surface area contributed by atoms with Crippen LogP contribution in [0.15, 0.2) is 24.3 Å². The molecule has 0 atom stereocenters. The predicted octanol–water partition coefficient (Wildman–Crippen LogP) is 2.12. The summed E-state index contributed by atoms with van der Waals surface area (Å²) in [5.41, 5.74) is 1.22. The first kappa shape index (κ1) is 14.4. The lowest BCUT2D eigenvalue weighted by atomic mass is 10.2. The Morgan fingerprint density at radius 1 is 1.30 bits per heavy atom. The second-order valence-electron chi connectivity index (χ2n) is 5.24. The predicted molar refractivity (Wildman–Crippen MR) is 78.5 cm³/mol. The number of carbonyl (C=O) groups is 1. The van der Waals surface area contributed by atoms with Gasteiger partial charge in [0.15, 0.2) is 0 Å². The van der Waals surface area contributed by atoms with Gasteiger partial charge in [0.1, 0.15) is 0 Å². The molecule has 5 heteroatoms. The molecule has 0 aromatic heterocycles. The molecule has 20 heavy (non-hydrogen) atoms. The number of nitrogens with zero attached hydrogens (tertiary/aromatic N) is 3. The van der Waals surface area contributed by atoms with Crippen LogP contribution in [-0.2, 0) is 0 Å². The Balaban J connectivity index is 1.91. The van der Waals surface area contributed by atoms with E-state index in [9.17, 15) is 4.79 Å². The first-order valence-corrected chi connectivity index (χ1v) is 6.90. The van der Waals surface area contributed by atoms with E-state index >= 15 is 0 Å². The average Bonchev–Trinajstić information content (AvgIpc) is 2.47. The fourth-order valence-corrected chi connectivity index (χ4v) is 2.31. The quantitative estimate of drug-likeness (QED) is 0.897. The van der Waals surface area contributed by atoms with Crippen LogP contribution < -0.4 is 5.32 Å². The second-order valence-corrected chi connectivity index (χ2v) is 5.24. The van der Waals surface area contributed by atoms with E-state index in [0.717, 1.165) is 26.2 Å². The highest BCUT2D eigenvalue weighted by molar-refractivity contribution is 5.89. The van der Waals surface area contributed by atoms with E-state index in [-0.39, 0.29) is 6.03 Å². The number of benzene rings is 1. The van der Waals surface area contributed by atoms with Gasteiger partial charge in [-0.15, -0.1) is 0 Å². The molecule has 2 rings (SSSR count). The molecule has 1 N–H and O–H groups in total. The third-order valence-electron chi connectivity index (χ3n) is 3.57. The van der Waals surface area contributed by atoms with Crippen molar-refractivity contribution in [2.24, 2.45) is 0 Å². The van der Waals surface area contributed by atoms with Crippen LogP contribution >= 0.6 is 0 Å². The summed E-state index contributed by atoms with van der Waals surface area (Å²) in [5.74, 6) is 0. The highest BCUT2D eigenvalue weighted by Crippen LogP contribution is 2.12. The minimum absolute atomic E-state index is 0.0940. The molecule has 1 aromatic rings. The van der Waals surface area contributed by atoms with E-state index in [1.54, 1.807) is 24.3 Å². The maximum Gasteiger partial charge on any atom is 0.321 e. The van der Waals surface area contributed by atoms with Crippen LogP contribution in [0.25, 0.3) is 0 Å². The Kier molecular flexibility index (Phi) is 4.59. The smallest absolute Gasteiger partial charge is 0.321 e. The van der Waals surface area contributed by atoms with Crippen LogP contribution in [0.2, 0.25) is 0 Å². The average molecular weight is 272 g/mol. The first-order valence-electron chi connectivity index (χ1n) is 6.90. The minimum Gasteiger partial charge on any atom is -0.322 e. The number of urea groups is 1. The zero-order valence-corrected chi connectivity index (χ0v) is 12.0. The SMILES string of the molecule is CC(C)N1CCN(C(=O)Nc2cccc(C#N)c2)CC1. The van der Waals surface area contributed by atoms with E-state index in [2.05, 4.69) is 30.1 Å². The van der Waals surface area contributed by atoms with Crippen molar-refractivity contribution in [2.75, 3.05) is 31.5 Å². The van der Waals surface area contributed by atoms with Gasteiger partial charge < -0.3 is 10.2 Å². The van der Waals surface area contributed by atoms with Crippen molar-refractivity contribution >= 4 is 11.7 Å². The number of anilines is 1. The van der Waals surface area contributed by atoms with Gasteiger partial charge >= 0.3 is 6.03 Å². The summed E-state index contributed by atoms with van der Waals surface area (Å²) in [5, 5.41) is 11.7. The summed E-state index contributed by atoms with van der Waals surface area (Å²) in [7, 11) is 0. The van der Waals surface area contributed by atoms with Gasteiger partial charge in [0.2, 0.25) is 0 Å². The van der Waals surface area contributed by atoms with E-state index < -0.39 is 0 Å². The molecule has 0 bridgehead atoms. The maximum absolute atomic E-state index is 12.2. The van der Waals surface area contributed by atoms with Gasteiger partial charge in [-0.05, 0) is 32.0 Å². The lowest BCUT2D eigenvalue weighted by Crippen LogP contribution is -2.51. The lowest BCUT2D eigenvalue weighted by molar-refractivity contribution is 0.125. The molecule has 1 heterocycles. The number of piperazine rings is 1. The Labute approximate surface area is 119 Å². The molecule has 5 nitrogen and oxygen atoms in total. The van der Waals surface area contributed by atoms with Crippen LogP contribution in [0, 0.1) is 11.3 Å². The van der Waals surface area contributed by atoms with E-state index in [1.807, 2.05) is 4.90 Å². The number of hydrogen-bond acceptors (Lipinski definition) is 3. The second kappa shape index (κ2) is 6.40. The van der Waals surface area contributed by atoms with Crippen molar-refractivity contribution in [1.29, 1.82) is 5.26 Å². The molecule has 106 valence electrons. The van der Waals surface area contributed by atoms with Gasteiger partial charge in [0.25, 0.3) is 0 Å². The van der Waals surface area contributed by atoms with Crippen LogP contribution in [0.4, 0.5) is 10.5 Å². The highest BCUT2D eigenvalue weighted by atomic mass is 16.2. The Bertz CT molecular complexity index is 513. The summed E-state index contributed by atoms with van der Waals surface area (Å²) in [6, 6.07) is 9.46. The number of hydrogen-bond donors (Lipinski definition) is 1.